The Morgan fingerprint density at radius 2 is 1.95 bits per heavy atom. The van der Waals surface area contributed by atoms with E-state index in [1.54, 1.807) is 0 Å². The van der Waals surface area contributed by atoms with Gasteiger partial charge in [-0.15, -0.1) is 0 Å². The minimum Gasteiger partial charge on any atom is -0.454 e. The van der Waals surface area contributed by atoms with Gasteiger partial charge in [-0.1, -0.05) is 36.4 Å². The first kappa shape index (κ1) is 12.0. The average molecular weight is 278 g/mol. The molecule has 0 atom stereocenters. The summed E-state index contributed by atoms with van der Waals surface area (Å²) in [5.74, 6) is 2.51. The van der Waals surface area contributed by atoms with Crippen LogP contribution in [0.3, 0.4) is 0 Å². The molecule has 0 amide bonds. The lowest BCUT2D eigenvalue weighted by Gasteiger charge is -2.10. The van der Waals surface area contributed by atoms with Crippen LogP contribution in [0.4, 0.5) is 5.82 Å². The first-order valence-corrected chi connectivity index (χ1v) is 6.87. The fourth-order valence-electron chi connectivity index (χ4n) is 2.57. The number of hydrogen-bond donors (Lipinski definition) is 1. The predicted octanol–water partition coefficient (Wildman–Crippen LogP) is 3.58. The van der Waals surface area contributed by atoms with Gasteiger partial charge in [0, 0.05) is 23.7 Å². The zero-order chi connectivity index (χ0) is 14.1. The van der Waals surface area contributed by atoms with Gasteiger partial charge in [-0.05, 0) is 17.5 Å². The Labute approximate surface area is 122 Å². The molecule has 0 aliphatic carbocycles. The van der Waals surface area contributed by atoms with Crippen molar-refractivity contribution in [2.45, 2.75) is 6.54 Å². The third-order valence-corrected chi connectivity index (χ3v) is 3.60. The molecule has 1 N–H and O–H groups in total. The van der Waals surface area contributed by atoms with E-state index < -0.39 is 0 Å². The van der Waals surface area contributed by atoms with Crippen molar-refractivity contribution in [2.24, 2.45) is 0 Å². The molecule has 3 aromatic rings. The Bertz CT molecular complexity index is 796. The summed E-state index contributed by atoms with van der Waals surface area (Å²) in [4.78, 5) is 4.43. The first-order chi connectivity index (χ1) is 10.4. The maximum Gasteiger partial charge on any atom is 0.231 e. The zero-order valence-corrected chi connectivity index (χ0v) is 11.4. The van der Waals surface area contributed by atoms with Gasteiger partial charge in [0.1, 0.15) is 5.82 Å². The van der Waals surface area contributed by atoms with E-state index in [1.165, 1.54) is 5.39 Å². The van der Waals surface area contributed by atoms with Crippen molar-refractivity contribution in [3.63, 3.8) is 0 Å². The van der Waals surface area contributed by atoms with Crippen LogP contribution in [0.1, 0.15) is 5.56 Å². The molecule has 2 heterocycles. The number of nitrogens with one attached hydrogen (secondary N) is 1. The minimum atomic E-state index is 0.291. The third-order valence-electron chi connectivity index (χ3n) is 3.60. The second-order valence-electron chi connectivity index (χ2n) is 4.89. The number of ether oxygens (including phenoxy) is 2. The lowest BCUT2D eigenvalue weighted by atomic mass is 10.1. The summed E-state index contributed by atoms with van der Waals surface area (Å²) in [7, 11) is 0. The molecule has 0 saturated carbocycles. The first-order valence-electron chi connectivity index (χ1n) is 6.87. The van der Waals surface area contributed by atoms with Crippen LogP contribution in [0.5, 0.6) is 11.5 Å². The van der Waals surface area contributed by atoms with Crippen molar-refractivity contribution >= 4 is 16.6 Å². The van der Waals surface area contributed by atoms with Crippen molar-refractivity contribution in [1.29, 1.82) is 0 Å². The Morgan fingerprint density at radius 3 is 2.95 bits per heavy atom. The highest BCUT2D eigenvalue weighted by Crippen LogP contribution is 2.35. The topological polar surface area (TPSA) is 43.4 Å². The molecule has 0 fully saturated rings. The van der Waals surface area contributed by atoms with Gasteiger partial charge in [-0.2, -0.15) is 0 Å². The molecule has 2 aromatic carbocycles. The van der Waals surface area contributed by atoms with Crippen molar-refractivity contribution in [3.8, 4) is 11.5 Å². The number of hydrogen-bond acceptors (Lipinski definition) is 4. The van der Waals surface area contributed by atoms with Crippen LogP contribution in [0, 0.1) is 0 Å². The van der Waals surface area contributed by atoms with Gasteiger partial charge in [-0.25, -0.2) is 4.98 Å². The fraction of sp³-hybridized carbons (Fsp3) is 0.118. The quantitative estimate of drug-likeness (QED) is 0.795. The summed E-state index contributed by atoms with van der Waals surface area (Å²) in [5.41, 5.74) is 1.07. The van der Waals surface area contributed by atoms with Crippen LogP contribution < -0.4 is 14.8 Å². The molecule has 21 heavy (non-hydrogen) atoms. The minimum absolute atomic E-state index is 0.291. The van der Waals surface area contributed by atoms with E-state index in [0.29, 0.717) is 13.3 Å². The Morgan fingerprint density at radius 1 is 1.00 bits per heavy atom. The summed E-state index contributed by atoms with van der Waals surface area (Å²) >= 11 is 0. The van der Waals surface area contributed by atoms with Gasteiger partial charge in [0.05, 0.1) is 0 Å². The van der Waals surface area contributed by atoms with Gasteiger partial charge >= 0.3 is 0 Å². The monoisotopic (exact) mass is 278 g/mol. The Hall–Kier alpha value is -2.75. The molecule has 0 bridgehead atoms. The molecule has 0 radical (unpaired) electrons. The van der Waals surface area contributed by atoms with Crippen LogP contribution in [0.15, 0.2) is 54.7 Å². The smallest absolute Gasteiger partial charge is 0.231 e. The summed E-state index contributed by atoms with van der Waals surface area (Å²) < 4.78 is 10.9. The van der Waals surface area contributed by atoms with Crippen molar-refractivity contribution in [1.82, 2.24) is 4.98 Å². The van der Waals surface area contributed by atoms with E-state index in [2.05, 4.69) is 22.4 Å². The number of pyridine rings is 1. The molecule has 0 spiro atoms. The molecule has 1 aromatic heterocycles. The van der Waals surface area contributed by atoms with E-state index in [4.69, 9.17) is 9.47 Å². The number of anilines is 1. The van der Waals surface area contributed by atoms with E-state index >= 15 is 0 Å². The van der Waals surface area contributed by atoms with Crippen molar-refractivity contribution in [2.75, 3.05) is 12.1 Å². The molecule has 4 nitrogen and oxygen atoms in total. The molecular formula is C17H14N2O2. The average Bonchev–Trinajstić information content (AvgIpc) is 3.02. The molecule has 4 rings (SSSR count). The highest BCUT2D eigenvalue weighted by molar-refractivity contribution is 5.91. The number of para-hydroxylation sites is 1. The van der Waals surface area contributed by atoms with Crippen molar-refractivity contribution < 1.29 is 9.47 Å². The lowest BCUT2D eigenvalue weighted by molar-refractivity contribution is 0.173. The number of benzene rings is 2. The number of nitrogens with zero attached hydrogens (tertiary/aromatic N) is 1. The molecule has 104 valence electrons. The maximum atomic E-state index is 5.52. The van der Waals surface area contributed by atoms with E-state index in [1.807, 2.05) is 42.6 Å². The Balaban J connectivity index is 1.63. The SMILES string of the molecule is c1cc(CNc2nccc3ccccc23)c2c(c1)OCO2. The zero-order valence-electron chi connectivity index (χ0n) is 11.4. The van der Waals surface area contributed by atoms with Crippen LogP contribution >= 0.6 is 0 Å². The fourth-order valence-corrected chi connectivity index (χ4v) is 2.57. The van der Waals surface area contributed by atoms with Crippen LogP contribution in [0.2, 0.25) is 0 Å². The molecular weight excluding hydrogens is 264 g/mol. The summed E-state index contributed by atoms with van der Waals surface area (Å²) in [6, 6.07) is 16.1. The van der Waals surface area contributed by atoms with E-state index in [0.717, 1.165) is 28.3 Å². The second kappa shape index (κ2) is 4.98. The van der Waals surface area contributed by atoms with E-state index in [9.17, 15) is 0 Å². The third kappa shape index (κ3) is 2.14. The predicted molar refractivity (Wildman–Crippen MR) is 81.6 cm³/mol. The number of fused-ring (bicyclic) bond motifs is 2. The molecule has 1 aliphatic heterocycles. The normalized spacial score (nSPS) is 12.6. The summed E-state index contributed by atoms with van der Waals surface area (Å²) in [5, 5.41) is 5.68. The van der Waals surface area contributed by atoms with Crippen molar-refractivity contribution in [3.05, 3.63) is 60.3 Å². The standard InChI is InChI=1S/C17H14N2O2/c1-2-6-14-12(4-1)8-9-18-17(14)19-10-13-5-3-7-15-16(13)21-11-20-15/h1-9H,10-11H2,(H,18,19). The molecule has 1 aliphatic rings. The number of aromatic nitrogens is 1. The van der Waals surface area contributed by atoms with Gasteiger partial charge < -0.3 is 14.8 Å². The Kier molecular flexibility index (Phi) is 2.85. The lowest BCUT2D eigenvalue weighted by Crippen LogP contribution is -2.03. The van der Waals surface area contributed by atoms with Gasteiger partial charge in [-0.3, -0.25) is 0 Å². The van der Waals surface area contributed by atoms with E-state index in [-0.39, 0.29) is 0 Å². The van der Waals surface area contributed by atoms with Crippen LogP contribution in [0.25, 0.3) is 10.8 Å². The molecule has 0 saturated heterocycles. The van der Waals surface area contributed by atoms with Crippen LogP contribution in [-0.4, -0.2) is 11.8 Å². The molecule has 4 heteroatoms. The highest BCUT2D eigenvalue weighted by atomic mass is 16.7. The number of rotatable bonds is 3. The largest absolute Gasteiger partial charge is 0.454 e. The van der Waals surface area contributed by atoms with Gasteiger partial charge in [0.15, 0.2) is 11.5 Å². The maximum absolute atomic E-state index is 5.52. The van der Waals surface area contributed by atoms with Crippen LogP contribution in [-0.2, 0) is 6.54 Å². The molecule has 0 unspecified atom stereocenters. The van der Waals surface area contributed by atoms with Gasteiger partial charge in [0.2, 0.25) is 6.79 Å². The summed E-state index contributed by atoms with van der Waals surface area (Å²) in [6.45, 7) is 0.937. The second-order valence-corrected chi connectivity index (χ2v) is 4.89. The van der Waals surface area contributed by atoms with Gasteiger partial charge in [0.25, 0.3) is 0 Å². The highest BCUT2D eigenvalue weighted by Gasteiger charge is 2.17. The summed E-state index contributed by atoms with van der Waals surface area (Å²) in [6.07, 6.45) is 1.82.